The second-order valence-corrected chi connectivity index (χ2v) is 6.54. The van der Waals surface area contributed by atoms with Crippen LogP contribution in [0.25, 0.3) is 0 Å². The Bertz CT molecular complexity index is 442. The summed E-state index contributed by atoms with van der Waals surface area (Å²) in [5, 5.41) is 10.4. The lowest BCUT2D eigenvalue weighted by Gasteiger charge is -2.35. The van der Waals surface area contributed by atoms with Crippen LogP contribution in [-0.2, 0) is 6.42 Å². The Morgan fingerprint density at radius 2 is 1.84 bits per heavy atom. The summed E-state index contributed by atoms with van der Waals surface area (Å²) in [4.78, 5) is 0. The molecule has 1 aromatic rings. The van der Waals surface area contributed by atoms with Gasteiger partial charge in [-0.05, 0) is 50.0 Å². The average molecular weight is 258 g/mol. The Morgan fingerprint density at radius 3 is 2.47 bits per heavy atom. The van der Waals surface area contributed by atoms with Gasteiger partial charge in [0.1, 0.15) is 0 Å². The largest absolute Gasteiger partial charge is 0.392 e. The minimum Gasteiger partial charge on any atom is -0.392 e. The van der Waals surface area contributed by atoms with Gasteiger partial charge in [0.15, 0.2) is 0 Å². The minimum absolute atomic E-state index is 0.260. The molecule has 0 spiro atoms. The van der Waals surface area contributed by atoms with Crippen LogP contribution in [0, 0.1) is 5.41 Å². The molecule has 0 aromatic heterocycles. The van der Waals surface area contributed by atoms with Gasteiger partial charge in [-0.25, -0.2) is 0 Å². The van der Waals surface area contributed by atoms with Crippen molar-refractivity contribution in [2.45, 2.75) is 59.0 Å². The maximum Gasteiger partial charge on any atom is 0.0617 e. The summed E-state index contributed by atoms with van der Waals surface area (Å²) in [5.74, 6) is 0. The first-order valence-electron chi connectivity index (χ1n) is 7.40. The summed E-state index contributed by atoms with van der Waals surface area (Å²) in [5.41, 5.74) is 4.48. The highest BCUT2D eigenvalue weighted by atomic mass is 16.3. The third-order valence-electron chi connectivity index (χ3n) is 4.44. The monoisotopic (exact) mass is 258 g/mol. The number of benzene rings is 1. The van der Waals surface area contributed by atoms with Crippen molar-refractivity contribution in [2.24, 2.45) is 5.41 Å². The van der Waals surface area contributed by atoms with E-state index >= 15 is 0 Å². The number of rotatable bonds is 4. The topological polar surface area (TPSA) is 20.2 Å². The third-order valence-corrected chi connectivity index (χ3v) is 4.44. The summed E-state index contributed by atoms with van der Waals surface area (Å²) in [6.45, 7) is 6.88. The van der Waals surface area contributed by atoms with Crippen molar-refractivity contribution < 1.29 is 5.11 Å². The number of hydrogen-bond acceptors (Lipinski definition) is 1. The molecule has 0 saturated heterocycles. The fourth-order valence-electron chi connectivity index (χ4n) is 3.32. The van der Waals surface area contributed by atoms with Gasteiger partial charge in [0, 0.05) is 0 Å². The van der Waals surface area contributed by atoms with Crippen molar-refractivity contribution in [3.63, 3.8) is 0 Å². The van der Waals surface area contributed by atoms with E-state index < -0.39 is 0 Å². The van der Waals surface area contributed by atoms with Crippen LogP contribution in [0.5, 0.6) is 0 Å². The van der Waals surface area contributed by atoms with Gasteiger partial charge in [-0.15, -0.1) is 0 Å². The van der Waals surface area contributed by atoms with Crippen LogP contribution >= 0.6 is 0 Å². The first kappa shape index (κ1) is 14.3. The number of hydrogen-bond donors (Lipinski definition) is 1. The second kappa shape index (κ2) is 5.92. The van der Waals surface area contributed by atoms with E-state index in [1.54, 1.807) is 0 Å². The molecule has 1 unspecified atom stereocenters. The number of allylic oxidation sites excluding steroid dienone is 1. The highest BCUT2D eigenvalue weighted by Gasteiger charge is 2.29. The van der Waals surface area contributed by atoms with E-state index in [4.69, 9.17) is 0 Å². The van der Waals surface area contributed by atoms with Crippen LogP contribution in [0.1, 0.15) is 52.0 Å². The van der Waals surface area contributed by atoms with Crippen molar-refractivity contribution in [3.8, 4) is 0 Å². The maximum atomic E-state index is 10.4. The Balaban J connectivity index is 2.04. The third kappa shape index (κ3) is 3.70. The second-order valence-electron chi connectivity index (χ2n) is 6.54. The fraction of sp³-hybridized carbons (Fsp3) is 0.556. The van der Waals surface area contributed by atoms with Crippen LogP contribution in [0.4, 0.5) is 0 Å². The molecule has 0 fully saturated rings. The standard InChI is InChI=1S/C18H26O/c1-14-8-7-11-18(2,3)17(14)13-16(19)12-15-9-5-4-6-10-15/h4-6,9-10,16,19H,7-8,11-13H2,1-3H3. The van der Waals surface area contributed by atoms with Gasteiger partial charge >= 0.3 is 0 Å². The van der Waals surface area contributed by atoms with Crippen LogP contribution in [0.3, 0.4) is 0 Å². The van der Waals surface area contributed by atoms with Crippen molar-refractivity contribution in [1.29, 1.82) is 0 Å². The van der Waals surface area contributed by atoms with Crippen molar-refractivity contribution >= 4 is 0 Å². The highest BCUT2D eigenvalue weighted by Crippen LogP contribution is 2.42. The SMILES string of the molecule is CC1=C(CC(O)Cc2ccccc2)C(C)(C)CCC1. The zero-order chi connectivity index (χ0) is 13.9. The lowest BCUT2D eigenvalue weighted by molar-refractivity contribution is 0.163. The molecule has 1 N–H and O–H groups in total. The van der Waals surface area contributed by atoms with Crippen LogP contribution in [0.2, 0.25) is 0 Å². The predicted octanol–water partition coefficient (Wildman–Crippen LogP) is 4.51. The molecule has 0 saturated carbocycles. The fourth-order valence-corrected chi connectivity index (χ4v) is 3.32. The van der Waals surface area contributed by atoms with E-state index in [1.165, 1.54) is 36.0 Å². The van der Waals surface area contributed by atoms with Gasteiger partial charge in [-0.1, -0.05) is 55.3 Å². The average Bonchev–Trinajstić information content (AvgIpc) is 2.35. The minimum atomic E-state index is -0.260. The van der Waals surface area contributed by atoms with Crippen LogP contribution in [-0.4, -0.2) is 11.2 Å². The molecule has 0 radical (unpaired) electrons. The van der Waals surface area contributed by atoms with Gasteiger partial charge in [0.2, 0.25) is 0 Å². The van der Waals surface area contributed by atoms with Gasteiger partial charge in [-0.2, -0.15) is 0 Å². The zero-order valence-electron chi connectivity index (χ0n) is 12.4. The van der Waals surface area contributed by atoms with E-state index in [1.807, 2.05) is 18.2 Å². The van der Waals surface area contributed by atoms with E-state index in [-0.39, 0.29) is 11.5 Å². The molecule has 1 atom stereocenters. The molecule has 19 heavy (non-hydrogen) atoms. The molecule has 2 rings (SSSR count). The summed E-state index contributed by atoms with van der Waals surface area (Å²) < 4.78 is 0. The summed E-state index contributed by atoms with van der Waals surface area (Å²) >= 11 is 0. The normalized spacial score (nSPS) is 20.4. The number of aliphatic hydroxyl groups excluding tert-OH is 1. The van der Waals surface area contributed by atoms with Crippen molar-refractivity contribution in [3.05, 3.63) is 47.0 Å². The van der Waals surface area contributed by atoms with Crippen LogP contribution < -0.4 is 0 Å². The molecule has 0 bridgehead atoms. The smallest absolute Gasteiger partial charge is 0.0617 e. The van der Waals surface area contributed by atoms with E-state index in [2.05, 4.69) is 32.9 Å². The van der Waals surface area contributed by atoms with Crippen LogP contribution in [0.15, 0.2) is 41.5 Å². The summed E-state index contributed by atoms with van der Waals surface area (Å²) in [6.07, 6.45) is 5.07. The molecular formula is C18H26O. The summed E-state index contributed by atoms with van der Waals surface area (Å²) in [7, 11) is 0. The van der Waals surface area contributed by atoms with E-state index in [0.717, 1.165) is 12.8 Å². The lowest BCUT2D eigenvalue weighted by atomic mass is 9.70. The van der Waals surface area contributed by atoms with Gasteiger partial charge in [0.05, 0.1) is 6.10 Å². The van der Waals surface area contributed by atoms with E-state index in [0.29, 0.717) is 0 Å². The molecule has 104 valence electrons. The Labute approximate surface area is 117 Å². The van der Waals surface area contributed by atoms with Crippen molar-refractivity contribution in [1.82, 2.24) is 0 Å². The first-order valence-corrected chi connectivity index (χ1v) is 7.40. The molecule has 1 heteroatoms. The zero-order valence-corrected chi connectivity index (χ0v) is 12.4. The van der Waals surface area contributed by atoms with Crippen molar-refractivity contribution in [2.75, 3.05) is 0 Å². The summed E-state index contributed by atoms with van der Waals surface area (Å²) in [6, 6.07) is 10.3. The predicted molar refractivity (Wildman–Crippen MR) is 81.1 cm³/mol. The number of aliphatic hydroxyl groups is 1. The molecule has 1 aromatic carbocycles. The molecule has 0 heterocycles. The van der Waals surface area contributed by atoms with Gasteiger partial charge in [-0.3, -0.25) is 0 Å². The molecule has 0 amide bonds. The molecule has 1 nitrogen and oxygen atoms in total. The van der Waals surface area contributed by atoms with Gasteiger partial charge < -0.3 is 5.11 Å². The Morgan fingerprint density at radius 1 is 1.16 bits per heavy atom. The van der Waals surface area contributed by atoms with Gasteiger partial charge in [0.25, 0.3) is 0 Å². The quantitative estimate of drug-likeness (QED) is 0.788. The highest BCUT2D eigenvalue weighted by molar-refractivity contribution is 5.24. The Hall–Kier alpha value is -1.08. The molecule has 1 aliphatic rings. The maximum absolute atomic E-state index is 10.4. The lowest BCUT2D eigenvalue weighted by Crippen LogP contribution is -2.24. The first-order chi connectivity index (χ1) is 8.99. The molecule has 0 aliphatic heterocycles. The van der Waals surface area contributed by atoms with E-state index in [9.17, 15) is 5.11 Å². The Kier molecular flexibility index (Phi) is 4.46. The molecule has 1 aliphatic carbocycles. The molecular weight excluding hydrogens is 232 g/mol.